The molecule has 0 unspecified atom stereocenters. The normalized spacial score (nSPS) is 9.89. The average Bonchev–Trinajstić information content (AvgIpc) is 2.41. The van der Waals surface area contributed by atoms with Gasteiger partial charge in [0.25, 0.3) is 11.6 Å². The van der Waals surface area contributed by atoms with E-state index in [1.807, 2.05) is 0 Å². The highest BCUT2D eigenvalue weighted by Crippen LogP contribution is 2.33. The van der Waals surface area contributed by atoms with Gasteiger partial charge in [-0.05, 0) is 18.2 Å². The van der Waals surface area contributed by atoms with Crippen molar-refractivity contribution in [2.24, 2.45) is 0 Å². The molecule has 0 bridgehead atoms. The second kappa shape index (κ2) is 5.13. The number of nitro benzene ring substituents is 1. The molecule has 2 aromatic rings. The molecule has 0 aliphatic rings. The number of carbonyl (C=O) groups excluding carboxylic acids is 1. The molecular formula is C12H9N3O4. The number of benzene rings is 1. The lowest BCUT2D eigenvalue weighted by molar-refractivity contribution is -0.384. The Morgan fingerprint density at radius 3 is 2.74 bits per heavy atom. The molecule has 0 aliphatic carbocycles. The second-order valence-electron chi connectivity index (χ2n) is 3.62. The summed E-state index contributed by atoms with van der Waals surface area (Å²) in [4.78, 5) is 25.8. The SMILES string of the molecule is O=C(Nc1c(O)cccc1[N+](=O)[O-])c1cccnc1. The number of phenolic OH excluding ortho intramolecular Hbond substituents is 1. The van der Waals surface area contributed by atoms with Crippen molar-refractivity contribution >= 4 is 17.3 Å². The van der Waals surface area contributed by atoms with Gasteiger partial charge in [0.2, 0.25) is 0 Å². The van der Waals surface area contributed by atoms with Crippen LogP contribution in [0, 0.1) is 10.1 Å². The van der Waals surface area contributed by atoms with Crippen LogP contribution < -0.4 is 5.32 Å². The summed E-state index contributed by atoms with van der Waals surface area (Å²) < 4.78 is 0. The molecule has 7 nitrogen and oxygen atoms in total. The highest BCUT2D eigenvalue weighted by atomic mass is 16.6. The minimum Gasteiger partial charge on any atom is -0.505 e. The van der Waals surface area contributed by atoms with E-state index in [-0.39, 0.29) is 22.7 Å². The maximum Gasteiger partial charge on any atom is 0.296 e. The number of aromatic nitrogens is 1. The third kappa shape index (κ3) is 2.65. The third-order valence-corrected chi connectivity index (χ3v) is 2.38. The summed E-state index contributed by atoms with van der Waals surface area (Å²) in [7, 11) is 0. The summed E-state index contributed by atoms with van der Waals surface area (Å²) in [6.07, 6.45) is 2.82. The first-order valence-corrected chi connectivity index (χ1v) is 5.27. The summed E-state index contributed by atoms with van der Waals surface area (Å²) in [5.74, 6) is -0.954. The maximum atomic E-state index is 11.9. The van der Waals surface area contributed by atoms with Crippen LogP contribution in [0.2, 0.25) is 0 Å². The van der Waals surface area contributed by atoms with Gasteiger partial charge in [-0.15, -0.1) is 0 Å². The van der Waals surface area contributed by atoms with Crippen molar-refractivity contribution < 1.29 is 14.8 Å². The van der Waals surface area contributed by atoms with E-state index in [0.29, 0.717) is 0 Å². The minimum absolute atomic E-state index is 0.235. The highest BCUT2D eigenvalue weighted by molar-refractivity contribution is 6.06. The Bertz CT molecular complexity index is 628. The molecule has 2 N–H and O–H groups in total. The number of anilines is 1. The Kier molecular flexibility index (Phi) is 3.37. The fourth-order valence-corrected chi connectivity index (χ4v) is 1.49. The van der Waals surface area contributed by atoms with Crippen LogP contribution in [0.25, 0.3) is 0 Å². The van der Waals surface area contributed by atoms with E-state index in [4.69, 9.17) is 0 Å². The molecule has 0 spiro atoms. The average molecular weight is 259 g/mol. The smallest absolute Gasteiger partial charge is 0.296 e. The van der Waals surface area contributed by atoms with Gasteiger partial charge < -0.3 is 10.4 Å². The van der Waals surface area contributed by atoms with Crippen LogP contribution in [-0.2, 0) is 0 Å². The number of pyridine rings is 1. The van der Waals surface area contributed by atoms with Crippen molar-refractivity contribution in [1.82, 2.24) is 4.98 Å². The van der Waals surface area contributed by atoms with Crippen LogP contribution in [-0.4, -0.2) is 20.9 Å². The molecule has 0 atom stereocenters. The summed E-state index contributed by atoms with van der Waals surface area (Å²) in [5.41, 5.74) is -0.376. The van der Waals surface area contributed by atoms with E-state index in [2.05, 4.69) is 10.3 Å². The van der Waals surface area contributed by atoms with E-state index >= 15 is 0 Å². The number of hydrogen-bond acceptors (Lipinski definition) is 5. The van der Waals surface area contributed by atoms with Crippen LogP contribution >= 0.6 is 0 Å². The van der Waals surface area contributed by atoms with Gasteiger partial charge in [-0.25, -0.2) is 0 Å². The quantitative estimate of drug-likeness (QED) is 0.498. The van der Waals surface area contributed by atoms with E-state index < -0.39 is 10.8 Å². The molecule has 2 rings (SSSR count). The Labute approximate surface area is 107 Å². The number of aromatic hydroxyl groups is 1. The number of nitrogens with zero attached hydrogens (tertiary/aromatic N) is 2. The van der Waals surface area contributed by atoms with Crippen molar-refractivity contribution in [1.29, 1.82) is 0 Å². The first-order chi connectivity index (χ1) is 9.09. The zero-order chi connectivity index (χ0) is 13.8. The molecule has 0 saturated carbocycles. The fraction of sp³-hybridized carbons (Fsp3) is 0. The molecule has 1 aromatic heterocycles. The van der Waals surface area contributed by atoms with E-state index in [1.165, 1.54) is 36.7 Å². The van der Waals surface area contributed by atoms with Crippen LogP contribution in [0.5, 0.6) is 5.75 Å². The van der Waals surface area contributed by atoms with Gasteiger partial charge in [0.05, 0.1) is 10.5 Å². The monoisotopic (exact) mass is 259 g/mol. The summed E-state index contributed by atoms with van der Waals surface area (Å²) in [5, 5.41) is 22.7. The molecule has 7 heteroatoms. The molecule has 0 fully saturated rings. The number of amides is 1. The third-order valence-electron chi connectivity index (χ3n) is 2.38. The number of phenols is 1. The van der Waals surface area contributed by atoms with Gasteiger partial charge in [0.1, 0.15) is 5.75 Å². The Hall–Kier alpha value is -2.96. The molecule has 1 amide bonds. The molecule has 96 valence electrons. The first kappa shape index (κ1) is 12.5. The second-order valence-corrected chi connectivity index (χ2v) is 3.62. The zero-order valence-electron chi connectivity index (χ0n) is 9.61. The Morgan fingerprint density at radius 2 is 2.11 bits per heavy atom. The van der Waals surface area contributed by atoms with Gasteiger partial charge >= 0.3 is 0 Å². The number of rotatable bonds is 3. The van der Waals surface area contributed by atoms with Crippen LogP contribution in [0.1, 0.15) is 10.4 Å². The topological polar surface area (TPSA) is 105 Å². The molecule has 19 heavy (non-hydrogen) atoms. The fourth-order valence-electron chi connectivity index (χ4n) is 1.49. The van der Waals surface area contributed by atoms with E-state index in [0.717, 1.165) is 0 Å². The van der Waals surface area contributed by atoms with E-state index in [9.17, 15) is 20.0 Å². The zero-order valence-corrected chi connectivity index (χ0v) is 9.61. The van der Waals surface area contributed by atoms with Crippen LogP contribution in [0.3, 0.4) is 0 Å². The Morgan fingerprint density at radius 1 is 1.32 bits per heavy atom. The number of hydrogen-bond donors (Lipinski definition) is 2. The number of para-hydroxylation sites is 1. The lowest BCUT2D eigenvalue weighted by Gasteiger charge is -2.07. The number of nitro groups is 1. The molecule has 0 saturated heterocycles. The number of carbonyl (C=O) groups is 1. The molecule has 0 aliphatic heterocycles. The minimum atomic E-state index is -0.682. The van der Waals surface area contributed by atoms with E-state index in [1.54, 1.807) is 6.07 Å². The lowest BCUT2D eigenvalue weighted by Crippen LogP contribution is -2.13. The van der Waals surface area contributed by atoms with Crippen LogP contribution in [0.4, 0.5) is 11.4 Å². The van der Waals surface area contributed by atoms with Gasteiger partial charge in [-0.2, -0.15) is 0 Å². The summed E-state index contributed by atoms with van der Waals surface area (Å²) >= 11 is 0. The largest absolute Gasteiger partial charge is 0.505 e. The number of nitrogens with one attached hydrogen (secondary N) is 1. The summed E-state index contributed by atoms with van der Waals surface area (Å²) in [6, 6.07) is 6.85. The van der Waals surface area contributed by atoms with Gasteiger partial charge in [-0.3, -0.25) is 19.9 Å². The maximum absolute atomic E-state index is 11.9. The molecular weight excluding hydrogens is 250 g/mol. The lowest BCUT2D eigenvalue weighted by atomic mass is 10.2. The first-order valence-electron chi connectivity index (χ1n) is 5.27. The van der Waals surface area contributed by atoms with Crippen molar-refractivity contribution in [3.05, 3.63) is 58.4 Å². The van der Waals surface area contributed by atoms with Gasteiger partial charge in [-0.1, -0.05) is 6.07 Å². The molecule has 0 radical (unpaired) electrons. The predicted octanol–water partition coefficient (Wildman–Crippen LogP) is 1.95. The van der Waals surface area contributed by atoms with Gasteiger partial charge in [0.15, 0.2) is 5.69 Å². The van der Waals surface area contributed by atoms with Crippen molar-refractivity contribution in [3.63, 3.8) is 0 Å². The molecule has 1 aromatic carbocycles. The Balaban J connectivity index is 2.34. The predicted molar refractivity (Wildman–Crippen MR) is 67.0 cm³/mol. The highest BCUT2D eigenvalue weighted by Gasteiger charge is 2.20. The van der Waals surface area contributed by atoms with Crippen LogP contribution in [0.15, 0.2) is 42.7 Å². The summed E-state index contributed by atoms with van der Waals surface area (Å²) in [6.45, 7) is 0. The van der Waals surface area contributed by atoms with Crippen molar-refractivity contribution in [3.8, 4) is 5.75 Å². The van der Waals surface area contributed by atoms with Crippen molar-refractivity contribution in [2.75, 3.05) is 5.32 Å². The van der Waals surface area contributed by atoms with Gasteiger partial charge in [0, 0.05) is 18.5 Å². The van der Waals surface area contributed by atoms with Crippen molar-refractivity contribution in [2.45, 2.75) is 0 Å². The molecule has 1 heterocycles. The standard InChI is InChI=1S/C12H9N3O4/c16-10-5-1-4-9(15(18)19)11(10)14-12(17)8-3-2-6-13-7-8/h1-7,16H,(H,14,17).